The average Bonchev–Trinajstić information content (AvgIpc) is 3.66. The number of nitrogens with one attached hydrogen (secondary N) is 1. The number of hydrazone groups is 1. The predicted octanol–water partition coefficient (Wildman–Crippen LogP) is 4.76. The van der Waals surface area contributed by atoms with Crippen molar-refractivity contribution in [1.82, 2.24) is 15.0 Å². The van der Waals surface area contributed by atoms with E-state index in [1.807, 2.05) is 13.8 Å². The van der Waals surface area contributed by atoms with Crippen LogP contribution in [0.25, 0.3) is 0 Å². The molecule has 0 unspecified atom stereocenters. The highest BCUT2D eigenvalue weighted by Crippen LogP contribution is 2.38. The summed E-state index contributed by atoms with van der Waals surface area (Å²) >= 11 is 3.44. The SMILES string of the molecule is CCOc1cc(C=NNc2nc(N3CCCC3)nc(N3CCCC3)n2)cc(Br)c1OS(=O)(=O)c1ccc(C)cc1. The molecule has 5 rings (SSSR count). The highest BCUT2D eigenvalue weighted by molar-refractivity contribution is 9.10. The van der Waals surface area contributed by atoms with Crippen molar-refractivity contribution in [3.05, 3.63) is 52.0 Å². The number of hydrogen-bond donors (Lipinski definition) is 1. The van der Waals surface area contributed by atoms with E-state index in [4.69, 9.17) is 13.9 Å². The van der Waals surface area contributed by atoms with Gasteiger partial charge in [-0.05, 0) is 85.3 Å². The van der Waals surface area contributed by atoms with Crippen molar-refractivity contribution in [1.29, 1.82) is 0 Å². The van der Waals surface area contributed by atoms with Crippen LogP contribution >= 0.6 is 15.9 Å². The Morgan fingerprint density at radius 3 is 2.15 bits per heavy atom. The monoisotopic (exact) mass is 629 g/mol. The van der Waals surface area contributed by atoms with E-state index in [1.54, 1.807) is 30.5 Å². The van der Waals surface area contributed by atoms with Crippen LogP contribution < -0.4 is 24.1 Å². The molecule has 13 heteroatoms. The minimum absolute atomic E-state index is 0.0567. The summed E-state index contributed by atoms with van der Waals surface area (Å²) in [6, 6.07) is 9.82. The lowest BCUT2D eigenvalue weighted by atomic mass is 10.2. The van der Waals surface area contributed by atoms with Crippen molar-refractivity contribution in [2.24, 2.45) is 5.10 Å². The summed E-state index contributed by atoms with van der Waals surface area (Å²) in [7, 11) is -4.07. The Morgan fingerprint density at radius 2 is 1.57 bits per heavy atom. The van der Waals surface area contributed by atoms with E-state index in [9.17, 15) is 8.42 Å². The molecule has 1 N–H and O–H groups in total. The zero-order valence-corrected chi connectivity index (χ0v) is 24.9. The first-order chi connectivity index (χ1) is 19.3. The highest BCUT2D eigenvalue weighted by atomic mass is 79.9. The van der Waals surface area contributed by atoms with Gasteiger partial charge < -0.3 is 18.7 Å². The van der Waals surface area contributed by atoms with Gasteiger partial charge in [-0.2, -0.15) is 28.5 Å². The van der Waals surface area contributed by atoms with Gasteiger partial charge in [0.05, 0.1) is 17.3 Å². The fourth-order valence-corrected chi connectivity index (χ4v) is 6.16. The molecule has 212 valence electrons. The molecule has 11 nitrogen and oxygen atoms in total. The van der Waals surface area contributed by atoms with Crippen molar-refractivity contribution in [2.75, 3.05) is 48.0 Å². The number of aryl methyl sites for hydroxylation is 1. The molecule has 2 aromatic carbocycles. The second-order valence-corrected chi connectivity index (χ2v) is 12.0. The molecule has 0 bridgehead atoms. The second kappa shape index (κ2) is 12.4. The summed E-state index contributed by atoms with van der Waals surface area (Å²) in [5, 5.41) is 4.35. The molecule has 40 heavy (non-hydrogen) atoms. The minimum atomic E-state index is -4.07. The fraction of sp³-hybridized carbons (Fsp3) is 0.407. The largest absolute Gasteiger partial charge is 0.490 e. The van der Waals surface area contributed by atoms with Crippen LogP contribution in [-0.2, 0) is 10.1 Å². The predicted molar refractivity (Wildman–Crippen MR) is 158 cm³/mol. The topological polar surface area (TPSA) is 122 Å². The molecule has 0 spiro atoms. The standard InChI is InChI=1S/C27H32BrN7O4S/c1-3-38-23-17-20(16-22(28)24(23)39-40(36,37)21-10-8-19(2)9-11-21)18-29-33-25-30-26(34-12-4-5-13-34)32-27(31-25)35-14-6-7-15-35/h8-11,16-18H,3-7,12-15H2,1-2H3,(H,30,31,32,33). The van der Waals surface area contributed by atoms with Crippen molar-refractivity contribution in [2.45, 2.75) is 44.4 Å². The lowest BCUT2D eigenvalue weighted by Gasteiger charge is -2.20. The number of aromatic nitrogens is 3. The molecule has 2 aliphatic rings. The Balaban J connectivity index is 1.37. The zero-order valence-electron chi connectivity index (χ0n) is 22.5. The molecule has 2 saturated heterocycles. The van der Waals surface area contributed by atoms with Crippen LogP contribution in [0.1, 0.15) is 43.7 Å². The minimum Gasteiger partial charge on any atom is -0.490 e. The van der Waals surface area contributed by atoms with E-state index < -0.39 is 10.1 Å². The summed E-state index contributed by atoms with van der Waals surface area (Å²) in [4.78, 5) is 18.3. The number of hydrogen-bond acceptors (Lipinski definition) is 11. The van der Waals surface area contributed by atoms with Crippen LogP contribution in [0.3, 0.4) is 0 Å². The molecule has 1 aromatic heterocycles. The Hall–Kier alpha value is -3.45. The summed E-state index contributed by atoms with van der Waals surface area (Å²) in [6.45, 7) is 7.71. The molecule has 0 atom stereocenters. The quantitative estimate of drug-likeness (QED) is 0.191. The molecule has 2 aliphatic heterocycles. The number of anilines is 3. The maximum Gasteiger partial charge on any atom is 0.339 e. The van der Waals surface area contributed by atoms with Crippen LogP contribution in [0.5, 0.6) is 11.5 Å². The van der Waals surface area contributed by atoms with Gasteiger partial charge in [0.25, 0.3) is 0 Å². The van der Waals surface area contributed by atoms with Gasteiger partial charge in [-0.1, -0.05) is 17.7 Å². The Morgan fingerprint density at radius 1 is 0.975 bits per heavy atom. The number of nitrogens with zero attached hydrogens (tertiary/aromatic N) is 6. The van der Waals surface area contributed by atoms with Crippen LogP contribution in [0.2, 0.25) is 0 Å². The second-order valence-electron chi connectivity index (χ2n) is 9.63. The van der Waals surface area contributed by atoms with Crippen LogP contribution in [0, 0.1) is 6.92 Å². The van der Waals surface area contributed by atoms with E-state index >= 15 is 0 Å². The van der Waals surface area contributed by atoms with Crippen molar-refractivity contribution in [3.8, 4) is 11.5 Å². The fourth-order valence-electron chi connectivity index (χ4n) is 4.55. The van der Waals surface area contributed by atoms with Gasteiger partial charge in [0.2, 0.25) is 17.8 Å². The normalized spacial score (nSPS) is 15.7. The zero-order chi connectivity index (χ0) is 28.1. The van der Waals surface area contributed by atoms with Crippen LogP contribution in [0.4, 0.5) is 17.8 Å². The molecule has 0 amide bonds. The smallest absolute Gasteiger partial charge is 0.339 e. The van der Waals surface area contributed by atoms with Crippen LogP contribution in [-0.4, -0.2) is 62.4 Å². The summed E-state index contributed by atoms with van der Waals surface area (Å²) in [6.07, 6.45) is 6.06. The number of halogens is 1. The third-order valence-electron chi connectivity index (χ3n) is 6.60. The lowest BCUT2D eigenvalue weighted by Crippen LogP contribution is -2.25. The van der Waals surface area contributed by atoms with E-state index in [1.165, 1.54) is 12.1 Å². The molecular formula is C27H32BrN7O4S. The number of ether oxygens (including phenoxy) is 1. The summed E-state index contributed by atoms with van der Waals surface area (Å²) < 4.78 is 37.5. The summed E-state index contributed by atoms with van der Waals surface area (Å²) in [5.74, 6) is 2.01. The number of benzene rings is 2. The third-order valence-corrected chi connectivity index (χ3v) is 8.43. The molecule has 0 aliphatic carbocycles. The highest BCUT2D eigenvalue weighted by Gasteiger charge is 2.23. The lowest BCUT2D eigenvalue weighted by molar-refractivity contribution is 0.327. The van der Waals surface area contributed by atoms with Crippen molar-refractivity contribution < 1.29 is 17.3 Å². The van der Waals surface area contributed by atoms with Gasteiger partial charge in [-0.25, -0.2) is 5.43 Å². The first-order valence-electron chi connectivity index (χ1n) is 13.3. The van der Waals surface area contributed by atoms with Gasteiger partial charge in [0.15, 0.2) is 11.5 Å². The van der Waals surface area contributed by atoms with Gasteiger partial charge in [0.1, 0.15) is 4.90 Å². The molecular weight excluding hydrogens is 598 g/mol. The van der Waals surface area contributed by atoms with E-state index in [0.717, 1.165) is 57.4 Å². The van der Waals surface area contributed by atoms with Crippen molar-refractivity contribution >= 4 is 50.1 Å². The van der Waals surface area contributed by atoms with Gasteiger partial charge >= 0.3 is 10.1 Å². The first kappa shape index (κ1) is 28.1. The van der Waals surface area contributed by atoms with E-state index in [0.29, 0.717) is 34.5 Å². The van der Waals surface area contributed by atoms with Gasteiger partial charge in [-0.15, -0.1) is 0 Å². The number of rotatable bonds is 10. The first-order valence-corrected chi connectivity index (χ1v) is 15.5. The van der Waals surface area contributed by atoms with E-state index in [-0.39, 0.29) is 16.4 Å². The average molecular weight is 631 g/mol. The Kier molecular flexibility index (Phi) is 8.69. The maximum atomic E-state index is 12.9. The van der Waals surface area contributed by atoms with Crippen molar-refractivity contribution in [3.63, 3.8) is 0 Å². The molecule has 2 fully saturated rings. The van der Waals surface area contributed by atoms with Gasteiger partial charge in [0, 0.05) is 26.2 Å². The van der Waals surface area contributed by atoms with Crippen LogP contribution in [0.15, 0.2) is 50.9 Å². The Bertz CT molecular complexity index is 1440. The summed E-state index contributed by atoms with van der Waals surface area (Å²) in [5.41, 5.74) is 4.54. The molecule has 3 heterocycles. The third kappa shape index (κ3) is 6.64. The Labute approximate surface area is 242 Å². The molecule has 3 aromatic rings. The molecule has 0 radical (unpaired) electrons. The van der Waals surface area contributed by atoms with Gasteiger partial charge in [-0.3, -0.25) is 0 Å². The maximum absolute atomic E-state index is 12.9. The van der Waals surface area contributed by atoms with E-state index in [2.05, 4.69) is 46.2 Å². The molecule has 0 saturated carbocycles.